The molecule has 0 aliphatic heterocycles. The summed E-state index contributed by atoms with van der Waals surface area (Å²) in [5.74, 6) is 0.222. The summed E-state index contributed by atoms with van der Waals surface area (Å²) in [6, 6.07) is 0. The van der Waals surface area contributed by atoms with E-state index in [1.807, 2.05) is 20.8 Å². The monoisotopic (exact) mass is 166 g/mol. The molecule has 0 spiro atoms. The molecule has 0 saturated carbocycles. The lowest BCUT2D eigenvalue weighted by atomic mass is 9.93. The molecule has 1 heteroatoms. The summed E-state index contributed by atoms with van der Waals surface area (Å²) in [6.07, 6.45) is 2.88. The van der Waals surface area contributed by atoms with Gasteiger partial charge in [0.25, 0.3) is 0 Å². The molecule has 0 aromatic heterocycles. The zero-order chi connectivity index (χ0) is 9.72. The summed E-state index contributed by atoms with van der Waals surface area (Å²) < 4.78 is 0. The molecule has 68 valence electrons. The molecule has 0 heterocycles. The van der Waals surface area contributed by atoms with Gasteiger partial charge in [0.1, 0.15) is 5.78 Å². The van der Waals surface area contributed by atoms with Crippen molar-refractivity contribution in [3.8, 4) is 0 Å². The first-order chi connectivity index (χ1) is 5.45. The number of allylic oxidation sites excluding steroid dienone is 3. The van der Waals surface area contributed by atoms with Crippen molar-refractivity contribution >= 4 is 5.78 Å². The Morgan fingerprint density at radius 3 is 2.08 bits per heavy atom. The third-order valence-corrected chi connectivity index (χ3v) is 1.85. The predicted molar refractivity (Wildman–Crippen MR) is 53.0 cm³/mol. The van der Waals surface area contributed by atoms with Crippen LogP contribution in [0.3, 0.4) is 0 Å². The van der Waals surface area contributed by atoms with Crippen LogP contribution < -0.4 is 0 Å². The van der Waals surface area contributed by atoms with Gasteiger partial charge in [-0.05, 0) is 34.1 Å². The quantitative estimate of drug-likeness (QED) is 0.586. The maximum atomic E-state index is 11.1. The second kappa shape index (κ2) is 4.91. The maximum Gasteiger partial charge on any atom is 0.137 e. The van der Waals surface area contributed by atoms with Gasteiger partial charge in [0.2, 0.25) is 0 Å². The van der Waals surface area contributed by atoms with E-state index in [0.29, 0.717) is 0 Å². The van der Waals surface area contributed by atoms with Gasteiger partial charge >= 0.3 is 0 Å². The molecule has 0 N–H and O–H groups in total. The van der Waals surface area contributed by atoms with Crippen LogP contribution in [0.15, 0.2) is 23.8 Å². The molecule has 1 nitrogen and oxygen atoms in total. The standard InChI is InChI=1S/C11H18O/c1-8(2)6-7-11(9(3)4)10(5)12/h6,11H,3,7H2,1-2,4-5H3. The second-order valence-corrected chi connectivity index (χ2v) is 3.53. The fourth-order valence-electron chi connectivity index (χ4n) is 1.07. The molecule has 0 fully saturated rings. The smallest absolute Gasteiger partial charge is 0.137 e. The van der Waals surface area contributed by atoms with Crippen molar-refractivity contribution in [3.05, 3.63) is 23.8 Å². The third-order valence-electron chi connectivity index (χ3n) is 1.85. The summed E-state index contributed by atoms with van der Waals surface area (Å²) in [4.78, 5) is 11.1. The number of carbonyl (C=O) groups excluding carboxylic acids is 1. The zero-order valence-corrected chi connectivity index (χ0v) is 8.48. The van der Waals surface area contributed by atoms with E-state index < -0.39 is 0 Å². The van der Waals surface area contributed by atoms with Crippen LogP contribution in [0, 0.1) is 5.92 Å². The van der Waals surface area contributed by atoms with Gasteiger partial charge in [-0.3, -0.25) is 4.79 Å². The Labute approximate surface area is 75.2 Å². The first-order valence-corrected chi connectivity index (χ1v) is 4.24. The summed E-state index contributed by atoms with van der Waals surface area (Å²) in [5.41, 5.74) is 2.21. The van der Waals surface area contributed by atoms with E-state index in [-0.39, 0.29) is 11.7 Å². The Morgan fingerprint density at radius 2 is 1.83 bits per heavy atom. The molecule has 0 radical (unpaired) electrons. The summed E-state index contributed by atoms with van der Waals surface area (Å²) in [5, 5.41) is 0. The van der Waals surface area contributed by atoms with Crippen LogP contribution in [0.25, 0.3) is 0 Å². The molecule has 1 unspecified atom stereocenters. The lowest BCUT2D eigenvalue weighted by molar-refractivity contribution is -0.119. The van der Waals surface area contributed by atoms with Crippen LogP contribution in [-0.2, 0) is 4.79 Å². The molecular weight excluding hydrogens is 148 g/mol. The van der Waals surface area contributed by atoms with Crippen molar-refractivity contribution in [1.82, 2.24) is 0 Å². The number of carbonyl (C=O) groups is 1. The highest BCUT2D eigenvalue weighted by Gasteiger charge is 2.12. The highest BCUT2D eigenvalue weighted by molar-refractivity contribution is 5.81. The van der Waals surface area contributed by atoms with E-state index in [2.05, 4.69) is 12.7 Å². The van der Waals surface area contributed by atoms with Crippen molar-refractivity contribution in [1.29, 1.82) is 0 Å². The second-order valence-electron chi connectivity index (χ2n) is 3.53. The Hall–Kier alpha value is -0.850. The molecule has 0 aliphatic rings. The van der Waals surface area contributed by atoms with Crippen molar-refractivity contribution in [2.75, 3.05) is 0 Å². The van der Waals surface area contributed by atoms with Crippen LogP contribution in [0.4, 0.5) is 0 Å². The molecule has 1 atom stereocenters. The Morgan fingerprint density at radius 1 is 1.33 bits per heavy atom. The van der Waals surface area contributed by atoms with Crippen LogP contribution in [0.1, 0.15) is 34.1 Å². The Balaban J connectivity index is 4.25. The summed E-state index contributed by atoms with van der Waals surface area (Å²) in [7, 11) is 0. The molecule has 0 aromatic rings. The maximum absolute atomic E-state index is 11.1. The largest absolute Gasteiger partial charge is 0.299 e. The van der Waals surface area contributed by atoms with Crippen molar-refractivity contribution in [3.63, 3.8) is 0 Å². The molecule has 12 heavy (non-hydrogen) atoms. The normalized spacial score (nSPS) is 12.0. The average Bonchev–Trinajstić information content (AvgIpc) is 1.84. The first kappa shape index (κ1) is 11.2. The van der Waals surface area contributed by atoms with Crippen LogP contribution in [0.2, 0.25) is 0 Å². The van der Waals surface area contributed by atoms with E-state index in [4.69, 9.17) is 0 Å². The molecule has 0 rings (SSSR count). The minimum atomic E-state index is 0.0138. The molecule has 0 amide bonds. The van der Waals surface area contributed by atoms with E-state index in [1.165, 1.54) is 5.57 Å². The molecular formula is C11H18O. The molecule has 0 bridgehead atoms. The fourth-order valence-corrected chi connectivity index (χ4v) is 1.07. The highest BCUT2D eigenvalue weighted by atomic mass is 16.1. The van der Waals surface area contributed by atoms with Crippen molar-refractivity contribution < 1.29 is 4.79 Å². The summed E-state index contributed by atoms with van der Waals surface area (Å²) in [6.45, 7) is 11.4. The Kier molecular flexibility index (Phi) is 4.57. The third kappa shape index (κ3) is 4.12. The van der Waals surface area contributed by atoms with Gasteiger partial charge in [0.05, 0.1) is 0 Å². The van der Waals surface area contributed by atoms with Crippen LogP contribution in [0.5, 0.6) is 0 Å². The lowest BCUT2D eigenvalue weighted by Crippen LogP contribution is -2.10. The van der Waals surface area contributed by atoms with E-state index in [1.54, 1.807) is 6.92 Å². The van der Waals surface area contributed by atoms with E-state index >= 15 is 0 Å². The first-order valence-electron chi connectivity index (χ1n) is 4.24. The van der Waals surface area contributed by atoms with E-state index in [0.717, 1.165) is 12.0 Å². The van der Waals surface area contributed by atoms with Gasteiger partial charge in [-0.15, -0.1) is 0 Å². The van der Waals surface area contributed by atoms with Crippen LogP contribution >= 0.6 is 0 Å². The number of Topliss-reactive ketones (excluding diaryl/α,β-unsaturated/α-hetero) is 1. The Bertz CT molecular complexity index is 193. The predicted octanol–water partition coefficient (Wildman–Crippen LogP) is 3.12. The molecule has 0 saturated heterocycles. The number of ketones is 1. The molecule has 0 aromatic carbocycles. The average molecular weight is 166 g/mol. The number of hydrogen-bond acceptors (Lipinski definition) is 1. The van der Waals surface area contributed by atoms with Gasteiger partial charge < -0.3 is 0 Å². The van der Waals surface area contributed by atoms with Gasteiger partial charge in [0.15, 0.2) is 0 Å². The highest BCUT2D eigenvalue weighted by Crippen LogP contribution is 2.15. The minimum Gasteiger partial charge on any atom is -0.299 e. The SMILES string of the molecule is C=C(C)C(CC=C(C)C)C(C)=O. The van der Waals surface area contributed by atoms with Crippen molar-refractivity contribution in [2.24, 2.45) is 5.92 Å². The van der Waals surface area contributed by atoms with Crippen LogP contribution in [-0.4, -0.2) is 5.78 Å². The van der Waals surface area contributed by atoms with Gasteiger partial charge in [-0.1, -0.05) is 23.8 Å². The van der Waals surface area contributed by atoms with E-state index in [9.17, 15) is 4.79 Å². The number of rotatable bonds is 4. The molecule has 0 aliphatic carbocycles. The van der Waals surface area contributed by atoms with Gasteiger partial charge in [0, 0.05) is 5.92 Å². The van der Waals surface area contributed by atoms with Crippen molar-refractivity contribution in [2.45, 2.75) is 34.1 Å². The fraction of sp³-hybridized carbons (Fsp3) is 0.545. The number of hydrogen-bond donors (Lipinski definition) is 0. The minimum absolute atomic E-state index is 0.0138. The summed E-state index contributed by atoms with van der Waals surface area (Å²) >= 11 is 0. The van der Waals surface area contributed by atoms with Gasteiger partial charge in [-0.25, -0.2) is 0 Å². The lowest BCUT2D eigenvalue weighted by Gasteiger charge is -2.10. The topological polar surface area (TPSA) is 17.1 Å². The zero-order valence-electron chi connectivity index (χ0n) is 8.48. The van der Waals surface area contributed by atoms with Gasteiger partial charge in [-0.2, -0.15) is 0 Å².